The monoisotopic (exact) mass is 500 g/mol. The highest BCUT2D eigenvalue weighted by Gasteiger charge is 2.21. The van der Waals surface area contributed by atoms with Gasteiger partial charge in [-0.15, -0.1) is 0 Å². The Kier molecular flexibility index (Phi) is 5.59. The van der Waals surface area contributed by atoms with E-state index in [-0.39, 0.29) is 5.91 Å². The number of nitrogens with two attached hydrogens (primary N) is 1. The quantitative estimate of drug-likeness (QED) is 0.281. The lowest BCUT2D eigenvalue weighted by molar-refractivity contribution is -0.112. The Balaban J connectivity index is 1.52. The van der Waals surface area contributed by atoms with Crippen molar-refractivity contribution < 1.29 is 9.53 Å². The fourth-order valence-corrected chi connectivity index (χ4v) is 4.50. The third kappa shape index (κ3) is 4.34. The zero-order valence-electron chi connectivity index (χ0n) is 14.8. The van der Waals surface area contributed by atoms with Crippen LogP contribution in [0.3, 0.4) is 0 Å². The van der Waals surface area contributed by atoms with Crippen LogP contribution in [-0.4, -0.2) is 5.91 Å². The van der Waals surface area contributed by atoms with Crippen LogP contribution in [0.5, 0.6) is 5.75 Å². The number of carbonyl (C=O) groups excluding carboxylic acids is 1. The number of fused-ring (bicyclic) bond motifs is 1. The van der Waals surface area contributed by atoms with Crippen molar-refractivity contribution in [3.8, 4) is 5.75 Å². The SMILES string of the molecule is Nc1cc(/C=C2\Sc3cc(I)ccc3NC2=O)ccc1OCc1ccccc1. The lowest BCUT2D eigenvalue weighted by Crippen LogP contribution is -2.17. The molecule has 140 valence electrons. The highest BCUT2D eigenvalue weighted by molar-refractivity contribution is 14.1. The maximum atomic E-state index is 12.4. The smallest absolute Gasteiger partial charge is 0.262 e. The third-order valence-electron chi connectivity index (χ3n) is 4.20. The molecule has 3 aromatic carbocycles. The lowest BCUT2D eigenvalue weighted by Gasteiger charge is -2.19. The van der Waals surface area contributed by atoms with Gasteiger partial charge in [0.05, 0.1) is 16.3 Å². The number of hydrogen-bond donors (Lipinski definition) is 2. The van der Waals surface area contributed by atoms with Gasteiger partial charge >= 0.3 is 0 Å². The minimum Gasteiger partial charge on any atom is -0.487 e. The van der Waals surface area contributed by atoms with Gasteiger partial charge in [-0.05, 0) is 70.1 Å². The van der Waals surface area contributed by atoms with E-state index in [1.54, 1.807) is 0 Å². The number of nitrogens with one attached hydrogen (secondary N) is 1. The molecule has 0 unspecified atom stereocenters. The molecule has 4 nitrogen and oxygen atoms in total. The second kappa shape index (κ2) is 8.28. The van der Waals surface area contributed by atoms with Crippen LogP contribution in [0.2, 0.25) is 0 Å². The van der Waals surface area contributed by atoms with E-state index in [1.807, 2.05) is 66.7 Å². The van der Waals surface area contributed by atoms with E-state index < -0.39 is 0 Å². The first kappa shape index (κ1) is 18.9. The van der Waals surface area contributed by atoms with Gasteiger partial charge in [-0.25, -0.2) is 0 Å². The molecule has 1 aliphatic heterocycles. The first-order valence-corrected chi connectivity index (χ1v) is 10.5. The van der Waals surface area contributed by atoms with Crippen molar-refractivity contribution in [1.82, 2.24) is 0 Å². The van der Waals surface area contributed by atoms with Gasteiger partial charge in [0.1, 0.15) is 12.4 Å². The Morgan fingerprint density at radius 2 is 1.89 bits per heavy atom. The first-order valence-electron chi connectivity index (χ1n) is 8.65. The standard InChI is InChI=1S/C22H17IN2O2S/c23-16-7-8-18-20(12-16)28-21(22(26)25-18)11-15-6-9-19(17(24)10-15)27-13-14-4-2-1-3-5-14/h1-12H,13,24H2,(H,25,26)/b21-11-. The second-order valence-corrected chi connectivity index (χ2v) is 8.61. The summed E-state index contributed by atoms with van der Waals surface area (Å²) in [4.78, 5) is 14.1. The number of ether oxygens (including phenoxy) is 1. The molecule has 0 aromatic heterocycles. The average molecular weight is 500 g/mol. The van der Waals surface area contributed by atoms with Crippen LogP contribution >= 0.6 is 34.4 Å². The summed E-state index contributed by atoms with van der Waals surface area (Å²) in [6.07, 6.45) is 1.85. The molecule has 0 aliphatic carbocycles. The molecule has 6 heteroatoms. The minimum absolute atomic E-state index is 0.110. The number of nitrogen functional groups attached to an aromatic ring is 1. The van der Waals surface area contributed by atoms with Crippen molar-refractivity contribution >= 4 is 57.7 Å². The van der Waals surface area contributed by atoms with Gasteiger partial charge < -0.3 is 15.8 Å². The zero-order chi connectivity index (χ0) is 19.5. The zero-order valence-corrected chi connectivity index (χ0v) is 17.8. The van der Waals surface area contributed by atoms with E-state index in [2.05, 4.69) is 34.0 Å². The van der Waals surface area contributed by atoms with Crippen molar-refractivity contribution in [3.63, 3.8) is 0 Å². The molecule has 0 saturated heterocycles. The second-order valence-electron chi connectivity index (χ2n) is 6.28. The van der Waals surface area contributed by atoms with Crippen LogP contribution in [0.4, 0.5) is 11.4 Å². The Morgan fingerprint density at radius 3 is 2.68 bits per heavy atom. The molecule has 3 aromatic rings. The molecule has 3 N–H and O–H groups in total. The average Bonchev–Trinajstić information content (AvgIpc) is 2.69. The molecule has 0 bridgehead atoms. The van der Waals surface area contributed by atoms with Crippen LogP contribution in [0.15, 0.2) is 76.5 Å². The third-order valence-corrected chi connectivity index (χ3v) is 5.96. The molecule has 1 aliphatic rings. The lowest BCUT2D eigenvalue weighted by atomic mass is 10.1. The number of hydrogen-bond acceptors (Lipinski definition) is 4. The van der Waals surface area contributed by atoms with Crippen molar-refractivity contribution in [2.45, 2.75) is 11.5 Å². The summed E-state index contributed by atoms with van der Waals surface area (Å²) in [5.74, 6) is 0.522. The van der Waals surface area contributed by atoms with Crippen molar-refractivity contribution in [1.29, 1.82) is 0 Å². The maximum Gasteiger partial charge on any atom is 0.262 e. The first-order chi connectivity index (χ1) is 13.6. The minimum atomic E-state index is -0.110. The number of carbonyl (C=O) groups is 1. The molecule has 1 heterocycles. The number of rotatable bonds is 4. The topological polar surface area (TPSA) is 64.3 Å². The summed E-state index contributed by atoms with van der Waals surface area (Å²) >= 11 is 3.73. The van der Waals surface area contributed by atoms with Crippen molar-refractivity contribution in [2.75, 3.05) is 11.1 Å². The van der Waals surface area contributed by atoms with Gasteiger partial charge in [-0.2, -0.15) is 0 Å². The highest BCUT2D eigenvalue weighted by atomic mass is 127. The van der Waals surface area contributed by atoms with E-state index in [4.69, 9.17) is 10.5 Å². The molecular weight excluding hydrogens is 483 g/mol. The fraction of sp³-hybridized carbons (Fsp3) is 0.0455. The molecule has 0 saturated carbocycles. The van der Waals surface area contributed by atoms with Gasteiger partial charge in [0.25, 0.3) is 5.91 Å². The fourth-order valence-electron chi connectivity index (χ4n) is 2.80. The summed E-state index contributed by atoms with van der Waals surface area (Å²) in [5, 5.41) is 2.93. The summed E-state index contributed by atoms with van der Waals surface area (Å²) in [5.41, 5.74) is 9.48. The predicted molar refractivity (Wildman–Crippen MR) is 123 cm³/mol. The molecule has 4 rings (SSSR count). The van der Waals surface area contributed by atoms with Gasteiger partial charge in [0.2, 0.25) is 0 Å². The van der Waals surface area contributed by atoms with Crippen LogP contribution < -0.4 is 15.8 Å². The Morgan fingerprint density at radius 1 is 1.07 bits per heavy atom. The molecule has 0 fully saturated rings. The van der Waals surface area contributed by atoms with Crippen LogP contribution in [0.25, 0.3) is 6.08 Å². The Bertz CT molecular complexity index is 1070. The summed E-state index contributed by atoms with van der Waals surface area (Å²) < 4.78 is 6.95. The van der Waals surface area contributed by atoms with E-state index >= 15 is 0 Å². The van der Waals surface area contributed by atoms with E-state index in [9.17, 15) is 4.79 Å². The molecule has 28 heavy (non-hydrogen) atoms. The largest absolute Gasteiger partial charge is 0.487 e. The summed E-state index contributed by atoms with van der Waals surface area (Å²) in [6.45, 7) is 0.457. The summed E-state index contributed by atoms with van der Waals surface area (Å²) in [6, 6.07) is 21.5. The van der Waals surface area contributed by atoms with E-state index in [1.165, 1.54) is 11.8 Å². The molecule has 0 atom stereocenters. The van der Waals surface area contributed by atoms with Crippen LogP contribution in [0, 0.1) is 3.57 Å². The van der Waals surface area contributed by atoms with Crippen molar-refractivity contribution in [3.05, 3.63) is 86.3 Å². The number of amides is 1. The van der Waals surface area contributed by atoms with Crippen LogP contribution in [-0.2, 0) is 11.4 Å². The Labute approximate surface area is 181 Å². The summed E-state index contributed by atoms with van der Waals surface area (Å²) in [7, 11) is 0. The van der Waals surface area contributed by atoms with Crippen molar-refractivity contribution in [2.24, 2.45) is 0 Å². The highest BCUT2D eigenvalue weighted by Crippen LogP contribution is 2.39. The molecule has 1 amide bonds. The van der Waals surface area contributed by atoms with Gasteiger partial charge in [-0.1, -0.05) is 48.2 Å². The molecular formula is C22H17IN2O2S. The van der Waals surface area contributed by atoms with Gasteiger partial charge in [0, 0.05) is 8.47 Å². The number of benzene rings is 3. The predicted octanol–water partition coefficient (Wildman–Crippen LogP) is 5.54. The number of thioether (sulfide) groups is 1. The van der Waals surface area contributed by atoms with E-state index in [0.29, 0.717) is 22.9 Å². The number of anilines is 2. The molecule has 0 spiro atoms. The van der Waals surface area contributed by atoms with Crippen LogP contribution in [0.1, 0.15) is 11.1 Å². The van der Waals surface area contributed by atoms with E-state index in [0.717, 1.165) is 25.3 Å². The van der Waals surface area contributed by atoms with Gasteiger partial charge in [0.15, 0.2) is 0 Å². The number of halogens is 1. The Hall–Kier alpha value is -2.45. The van der Waals surface area contributed by atoms with Gasteiger partial charge in [-0.3, -0.25) is 4.79 Å². The maximum absolute atomic E-state index is 12.4. The normalized spacial score (nSPS) is 14.5. The molecule has 0 radical (unpaired) electrons.